The van der Waals surface area contributed by atoms with Gasteiger partial charge in [-0.2, -0.15) is 4.98 Å². The average molecular weight is 266 g/mol. The molecule has 2 unspecified atom stereocenters. The Labute approximate surface area is 115 Å². The minimum atomic E-state index is 0.492. The summed E-state index contributed by atoms with van der Waals surface area (Å²) in [4.78, 5) is 6.81. The van der Waals surface area contributed by atoms with Crippen molar-refractivity contribution in [1.29, 1.82) is 0 Å². The molecule has 0 spiro atoms. The zero-order valence-electron chi connectivity index (χ0n) is 12.4. The minimum Gasteiger partial charge on any atom is -0.338 e. The standard InChI is InChI=1S/C14H26N4O/c1-4-7-18-8-5-6-13(10-18)11(2)15-9-14-16-12(3)17-19-14/h11,13,15H,4-10H2,1-3H3. The summed E-state index contributed by atoms with van der Waals surface area (Å²) in [5.41, 5.74) is 0. The van der Waals surface area contributed by atoms with E-state index < -0.39 is 0 Å². The van der Waals surface area contributed by atoms with Crippen molar-refractivity contribution in [3.63, 3.8) is 0 Å². The minimum absolute atomic E-state index is 0.492. The van der Waals surface area contributed by atoms with Crippen molar-refractivity contribution in [3.8, 4) is 0 Å². The second-order valence-corrected chi connectivity index (χ2v) is 5.61. The highest BCUT2D eigenvalue weighted by Gasteiger charge is 2.24. The maximum atomic E-state index is 5.13. The van der Waals surface area contributed by atoms with Crippen molar-refractivity contribution in [3.05, 3.63) is 11.7 Å². The third kappa shape index (κ3) is 4.28. The number of piperidine rings is 1. The molecule has 5 nitrogen and oxygen atoms in total. The zero-order valence-corrected chi connectivity index (χ0v) is 12.4. The highest BCUT2D eigenvalue weighted by atomic mass is 16.5. The van der Waals surface area contributed by atoms with E-state index in [2.05, 4.69) is 34.2 Å². The number of likely N-dealkylation sites (tertiary alicyclic amines) is 1. The third-order valence-electron chi connectivity index (χ3n) is 3.93. The summed E-state index contributed by atoms with van der Waals surface area (Å²) < 4.78 is 5.13. The number of nitrogens with one attached hydrogen (secondary N) is 1. The van der Waals surface area contributed by atoms with Gasteiger partial charge in [0.1, 0.15) is 0 Å². The Morgan fingerprint density at radius 2 is 2.37 bits per heavy atom. The summed E-state index contributed by atoms with van der Waals surface area (Å²) in [5, 5.41) is 7.33. The van der Waals surface area contributed by atoms with Crippen LogP contribution in [0.25, 0.3) is 0 Å². The van der Waals surface area contributed by atoms with Gasteiger partial charge in [-0.3, -0.25) is 0 Å². The van der Waals surface area contributed by atoms with Crippen LogP contribution in [0.2, 0.25) is 0 Å². The van der Waals surface area contributed by atoms with Gasteiger partial charge in [0.05, 0.1) is 6.54 Å². The van der Waals surface area contributed by atoms with Gasteiger partial charge in [-0.25, -0.2) is 0 Å². The molecule has 1 aromatic rings. The Morgan fingerprint density at radius 3 is 3.05 bits per heavy atom. The number of hydrogen-bond donors (Lipinski definition) is 1. The van der Waals surface area contributed by atoms with Crippen LogP contribution in [0.3, 0.4) is 0 Å². The average Bonchev–Trinajstić information content (AvgIpc) is 2.82. The molecule has 0 aliphatic carbocycles. The lowest BCUT2D eigenvalue weighted by Crippen LogP contribution is -2.44. The maximum Gasteiger partial charge on any atom is 0.240 e. The van der Waals surface area contributed by atoms with Gasteiger partial charge < -0.3 is 14.7 Å². The summed E-state index contributed by atoms with van der Waals surface area (Å²) in [6.07, 6.45) is 3.88. The summed E-state index contributed by atoms with van der Waals surface area (Å²) >= 11 is 0. The van der Waals surface area contributed by atoms with E-state index in [9.17, 15) is 0 Å². The monoisotopic (exact) mass is 266 g/mol. The first-order valence-electron chi connectivity index (χ1n) is 7.44. The van der Waals surface area contributed by atoms with E-state index >= 15 is 0 Å². The molecule has 0 saturated carbocycles. The Kier molecular flexibility index (Phi) is 5.34. The first-order chi connectivity index (χ1) is 9.19. The lowest BCUT2D eigenvalue weighted by molar-refractivity contribution is 0.149. The lowest BCUT2D eigenvalue weighted by Gasteiger charge is -2.35. The van der Waals surface area contributed by atoms with Crippen molar-refractivity contribution in [1.82, 2.24) is 20.4 Å². The zero-order chi connectivity index (χ0) is 13.7. The van der Waals surface area contributed by atoms with E-state index in [0.29, 0.717) is 24.3 Å². The smallest absolute Gasteiger partial charge is 0.240 e. The van der Waals surface area contributed by atoms with Crippen LogP contribution in [0, 0.1) is 12.8 Å². The molecule has 19 heavy (non-hydrogen) atoms. The van der Waals surface area contributed by atoms with Gasteiger partial charge in [0.25, 0.3) is 0 Å². The van der Waals surface area contributed by atoms with Gasteiger partial charge in [0.15, 0.2) is 5.82 Å². The SMILES string of the molecule is CCCN1CCCC(C(C)NCc2nc(C)no2)C1. The van der Waals surface area contributed by atoms with Gasteiger partial charge in [-0.05, 0) is 52.1 Å². The summed E-state index contributed by atoms with van der Waals surface area (Å²) in [5.74, 6) is 2.12. The predicted octanol–water partition coefficient (Wildman–Crippen LogP) is 1.98. The van der Waals surface area contributed by atoms with Crippen LogP contribution in [0.1, 0.15) is 44.8 Å². The molecular formula is C14H26N4O. The fourth-order valence-corrected chi connectivity index (χ4v) is 2.85. The molecule has 0 aromatic carbocycles. The van der Waals surface area contributed by atoms with E-state index in [1.165, 1.54) is 38.9 Å². The Bertz CT molecular complexity index is 377. The van der Waals surface area contributed by atoms with Gasteiger partial charge >= 0.3 is 0 Å². The number of hydrogen-bond acceptors (Lipinski definition) is 5. The van der Waals surface area contributed by atoms with Gasteiger partial charge in [0.2, 0.25) is 5.89 Å². The predicted molar refractivity (Wildman–Crippen MR) is 74.8 cm³/mol. The van der Waals surface area contributed by atoms with Crippen molar-refractivity contribution in [2.24, 2.45) is 5.92 Å². The number of nitrogens with zero attached hydrogens (tertiary/aromatic N) is 3. The molecule has 0 bridgehead atoms. The van der Waals surface area contributed by atoms with Gasteiger partial charge in [0, 0.05) is 12.6 Å². The normalized spacial score (nSPS) is 22.6. The Balaban J connectivity index is 1.77. The van der Waals surface area contributed by atoms with E-state index in [1.54, 1.807) is 0 Å². The quantitative estimate of drug-likeness (QED) is 0.853. The summed E-state index contributed by atoms with van der Waals surface area (Å²) in [7, 11) is 0. The fraction of sp³-hybridized carbons (Fsp3) is 0.857. The molecule has 1 aliphatic heterocycles. The van der Waals surface area contributed by atoms with E-state index in [-0.39, 0.29) is 0 Å². The molecule has 1 fully saturated rings. The van der Waals surface area contributed by atoms with Crippen LogP contribution in [0.4, 0.5) is 0 Å². The lowest BCUT2D eigenvalue weighted by atomic mass is 9.91. The Morgan fingerprint density at radius 1 is 1.53 bits per heavy atom. The van der Waals surface area contributed by atoms with Crippen molar-refractivity contribution < 1.29 is 4.52 Å². The topological polar surface area (TPSA) is 54.2 Å². The van der Waals surface area contributed by atoms with Crippen LogP contribution < -0.4 is 5.32 Å². The largest absolute Gasteiger partial charge is 0.338 e. The Hall–Kier alpha value is -0.940. The maximum absolute atomic E-state index is 5.13. The van der Waals surface area contributed by atoms with Crippen molar-refractivity contribution in [2.45, 2.75) is 52.6 Å². The first-order valence-corrected chi connectivity index (χ1v) is 7.44. The molecule has 1 N–H and O–H groups in total. The molecule has 5 heteroatoms. The third-order valence-corrected chi connectivity index (χ3v) is 3.93. The van der Waals surface area contributed by atoms with Gasteiger partial charge in [-0.1, -0.05) is 12.1 Å². The van der Waals surface area contributed by atoms with Crippen molar-refractivity contribution in [2.75, 3.05) is 19.6 Å². The van der Waals surface area contributed by atoms with E-state index in [0.717, 1.165) is 5.92 Å². The second kappa shape index (κ2) is 7.01. The van der Waals surface area contributed by atoms with Crippen LogP contribution in [0.15, 0.2) is 4.52 Å². The highest BCUT2D eigenvalue weighted by molar-refractivity contribution is 4.85. The van der Waals surface area contributed by atoms with Crippen LogP contribution in [-0.2, 0) is 6.54 Å². The molecule has 1 saturated heterocycles. The van der Waals surface area contributed by atoms with Gasteiger partial charge in [-0.15, -0.1) is 0 Å². The fourth-order valence-electron chi connectivity index (χ4n) is 2.85. The number of aryl methyl sites for hydroxylation is 1. The van der Waals surface area contributed by atoms with E-state index in [4.69, 9.17) is 4.52 Å². The molecule has 108 valence electrons. The molecular weight excluding hydrogens is 240 g/mol. The summed E-state index contributed by atoms with van der Waals surface area (Å²) in [6.45, 7) is 10.7. The number of aromatic nitrogens is 2. The molecule has 1 aliphatic rings. The van der Waals surface area contributed by atoms with Crippen LogP contribution >= 0.6 is 0 Å². The van der Waals surface area contributed by atoms with E-state index in [1.807, 2.05) is 6.92 Å². The number of rotatable bonds is 6. The summed E-state index contributed by atoms with van der Waals surface area (Å²) in [6, 6.07) is 0.492. The molecule has 0 radical (unpaired) electrons. The highest BCUT2D eigenvalue weighted by Crippen LogP contribution is 2.20. The first kappa shape index (κ1) is 14.5. The molecule has 2 atom stereocenters. The second-order valence-electron chi connectivity index (χ2n) is 5.61. The van der Waals surface area contributed by atoms with Crippen molar-refractivity contribution >= 4 is 0 Å². The van der Waals surface area contributed by atoms with Crippen LogP contribution in [-0.4, -0.2) is 40.7 Å². The van der Waals surface area contributed by atoms with Crippen LogP contribution in [0.5, 0.6) is 0 Å². The molecule has 2 heterocycles. The molecule has 2 rings (SSSR count). The molecule has 1 aromatic heterocycles. The molecule has 0 amide bonds.